The number of ether oxygens (including phenoxy) is 2. The second-order valence-corrected chi connectivity index (χ2v) is 16.7. The van der Waals surface area contributed by atoms with E-state index in [1.807, 2.05) is 57.5 Å². The molecule has 16 heteroatoms. The second kappa shape index (κ2) is 19.7. The Kier molecular flexibility index (Phi) is 14.3. The van der Waals surface area contributed by atoms with Crippen molar-refractivity contribution in [1.82, 2.24) is 35.7 Å². The van der Waals surface area contributed by atoms with Gasteiger partial charge in [0.25, 0.3) is 5.91 Å². The average Bonchev–Trinajstić information content (AvgIpc) is 4.02. The van der Waals surface area contributed by atoms with Crippen molar-refractivity contribution in [3.63, 3.8) is 0 Å². The topological polar surface area (TPSA) is 201 Å². The highest BCUT2D eigenvalue weighted by Gasteiger charge is 2.44. The minimum Gasteiger partial charge on any atom is -0.494 e. The number of aliphatic hydroxyl groups is 1. The maximum absolute atomic E-state index is 14.0. The monoisotopic (exact) mass is 836 g/mol. The second-order valence-electron chi connectivity index (χ2n) is 15.8. The number of β-amino-alcohol motifs (C(OH)–C–C–N with tert-alkyl or cyclic N) is 1. The molecule has 4 amide bonds. The van der Waals surface area contributed by atoms with E-state index in [1.165, 1.54) is 12.0 Å². The Morgan fingerprint density at radius 1 is 1.03 bits per heavy atom. The number of benzene rings is 2. The van der Waals surface area contributed by atoms with Crippen LogP contribution in [0.3, 0.4) is 0 Å². The lowest BCUT2D eigenvalue weighted by Gasteiger charge is -2.35. The quantitative estimate of drug-likeness (QED) is 0.0702. The van der Waals surface area contributed by atoms with E-state index in [4.69, 9.17) is 9.47 Å². The fraction of sp³-hybridized carbons (Fsp3) is 0.386. The van der Waals surface area contributed by atoms with Gasteiger partial charge in [-0.3, -0.25) is 24.3 Å². The molecule has 1 saturated heterocycles. The van der Waals surface area contributed by atoms with Crippen LogP contribution in [0.1, 0.15) is 74.6 Å². The average molecular weight is 837 g/mol. The molecule has 4 heterocycles. The first-order valence-corrected chi connectivity index (χ1v) is 20.8. The van der Waals surface area contributed by atoms with E-state index < -0.39 is 35.4 Å². The number of rotatable bonds is 17. The number of H-pyrrole nitrogens is 1. The van der Waals surface area contributed by atoms with E-state index in [9.17, 15) is 24.3 Å². The minimum atomic E-state index is -0.900. The number of thiazole rings is 1. The maximum atomic E-state index is 14.0. The van der Waals surface area contributed by atoms with Gasteiger partial charge in [-0.1, -0.05) is 51.1 Å². The van der Waals surface area contributed by atoms with Crippen LogP contribution in [0.4, 0.5) is 5.69 Å². The molecule has 0 radical (unpaired) electrons. The number of hydrogen-bond acceptors (Lipinski definition) is 11. The fourth-order valence-electron chi connectivity index (χ4n) is 6.93. The van der Waals surface area contributed by atoms with Gasteiger partial charge in [-0.25, -0.2) is 9.97 Å². The molecule has 5 aromatic rings. The molecular formula is C44H52N8O7S. The number of carbonyl (C=O) groups excluding carboxylic acids is 4. The van der Waals surface area contributed by atoms with E-state index in [0.717, 1.165) is 21.7 Å². The number of methoxy groups -OCH3 is 1. The number of nitrogens with one attached hydrogen (secondary N) is 4. The molecule has 0 unspecified atom stereocenters. The van der Waals surface area contributed by atoms with Crippen molar-refractivity contribution in [3.05, 3.63) is 95.4 Å². The van der Waals surface area contributed by atoms with Crippen LogP contribution in [0.5, 0.6) is 11.5 Å². The van der Waals surface area contributed by atoms with Crippen LogP contribution in [0.2, 0.25) is 0 Å². The van der Waals surface area contributed by atoms with Crippen LogP contribution < -0.4 is 25.4 Å². The number of aliphatic hydroxyl groups excluding tert-OH is 1. The Labute approximate surface area is 353 Å². The highest BCUT2D eigenvalue weighted by molar-refractivity contribution is 7.13. The molecule has 1 fully saturated rings. The molecule has 1 aliphatic heterocycles. The Morgan fingerprint density at radius 3 is 2.53 bits per heavy atom. The van der Waals surface area contributed by atoms with Crippen molar-refractivity contribution in [2.75, 3.05) is 25.6 Å². The summed E-state index contributed by atoms with van der Waals surface area (Å²) in [6.07, 6.45) is 3.02. The third-order valence-corrected chi connectivity index (χ3v) is 11.2. The lowest BCUT2D eigenvalue weighted by Crippen LogP contribution is -2.57. The van der Waals surface area contributed by atoms with Crippen molar-refractivity contribution >= 4 is 40.7 Å². The number of unbranched alkanes of at least 4 members (excludes halogenated alkanes) is 2. The summed E-state index contributed by atoms with van der Waals surface area (Å²) < 4.78 is 11.5. The summed E-state index contributed by atoms with van der Waals surface area (Å²) in [6.45, 7) is 8.22. The summed E-state index contributed by atoms with van der Waals surface area (Å²) in [5.74, 6) is -0.446. The third-order valence-electron chi connectivity index (χ3n) is 10.2. The van der Waals surface area contributed by atoms with Crippen LogP contribution >= 0.6 is 11.3 Å². The summed E-state index contributed by atoms with van der Waals surface area (Å²) in [5.41, 5.74) is 6.06. The van der Waals surface area contributed by atoms with E-state index in [0.29, 0.717) is 54.4 Å². The normalized spacial score (nSPS) is 15.6. The molecule has 3 aromatic heterocycles. The number of likely N-dealkylation sites (tertiary alicyclic amines) is 1. The number of amides is 4. The van der Waals surface area contributed by atoms with Crippen LogP contribution in [-0.4, -0.2) is 92.2 Å². The van der Waals surface area contributed by atoms with Gasteiger partial charge in [0.1, 0.15) is 29.3 Å². The van der Waals surface area contributed by atoms with Gasteiger partial charge in [-0.15, -0.1) is 11.3 Å². The van der Waals surface area contributed by atoms with Gasteiger partial charge >= 0.3 is 0 Å². The SMILES string of the molecule is COc1cc(OCCCCCC(=O)N[C@H](C(=O)N2C[C@H](O)C[C@H]2C(=O)NCc2ccc(-c3scnc3C)cc2)C(C)(C)C)ccc1NC(=O)c1cccc(-c2ccn[nH]2)n1. The Balaban J connectivity index is 0.941. The number of aryl methyl sites for hydroxylation is 1. The van der Waals surface area contributed by atoms with Gasteiger partial charge in [-0.2, -0.15) is 5.10 Å². The van der Waals surface area contributed by atoms with Crippen molar-refractivity contribution in [2.24, 2.45) is 5.41 Å². The van der Waals surface area contributed by atoms with Crippen LogP contribution in [0.25, 0.3) is 21.8 Å². The van der Waals surface area contributed by atoms with Crippen molar-refractivity contribution in [1.29, 1.82) is 0 Å². The van der Waals surface area contributed by atoms with E-state index >= 15 is 0 Å². The Hall–Kier alpha value is -6.13. The maximum Gasteiger partial charge on any atom is 0.274 e. The van der Waals surface area contributed by atoms with Crippen LogP contribution in [-0.2, 0) is 20.9 Å². The third kappa shape index (κ3) is 11.1. The largest absolute Gasteiger partial charge is 0.494 e. The molecule has 2 aromatic carbocycles. The molecule has 5 N–H and O–H groups in total. The Bertz CT molecular complexity index is 2250. The van der Waals surface area contributed by atoms with E-state index in [-0.39, 0.29) is 43.4 Å². The van der Waals surface area contributed by atoms with Gasteiger partial charge in [0.2, 0.25) is 17.7 Å². The molecule has 1 aliphatic rings. The molecule has 0 spiro atoms. The van der Waals surface area contributed by atoms with Gasteiger partial charge in [-0.05, 0) is 73.1 Å². The van der Waals surface area contributed by atoms with Crippen molar-refractivity contribution in [2.45, 2.75) is 84.5 Å². The number of carbonyl (C=O) groups is 4. The van der Waals surface area contributed by atoms with Gasteiger partial charge < -0.3 is 35.4 Å². The van der Waals surface area contributed by atoms with Gasteiger partial charge in [0, 0.05) is 38.2 Å². The van der Waals surface area contributed by atoms with E-state index in [1.54, 1.807) is 60.0 Å². The van der Waals surface area contributed by atoms with Gasteiger partial charge in [0.05, 0.1) is 53.0 Å². The predicted molar refractivity (Wildman–Crippen MR) is 228 cm³/mol. The smallest absolute Gasteiger partial charge is 0.274 e. The standard InChI is InChI=1S/C44H52N8O7S/c1-27-39(60-26-46-27)29-15-13-28(14-16-29)24-45-42(56)36-22-30(53)25-52(36)43(57)40(44(2,3)4)50-38(54)12-7-6-8-21-59-31-17-18-34(37(23-31)58-5)49-41(55)35-11-9-10-32(48-35)33-19-20-47-51-33/h9-11,13-20,23,26,30,36,40,53H,6-8,12,21-22,24-25H2,1-5H3,(H,45,56)(H,47,51)(H,49,55)(H,50,54)/t30-,36+,40-/m1/s1. The van der Waals surface area contributed by atoms with E-state index in [2.05, 4.69) is 36.1 Å². The van der Waals surface area contributed by atoms with Crippen molar-refractivity contribution in [3.8, 4) is 33.3 Å². The lowest BCUT2D eigenvalue weighted by atomic mass is 9.85. The zero-order valence-electron chi connectivity index (χ0n) is 34.5. The minimum absolute atomic E-state index is 0.00469. The highest BCUT2D eigenvalue weighted by Crippen LogP contribution is 2.31. The highest BCUT2D eigenvalue weighted by atomic mass is 32.1. The van der Waals surface area contributed by atoms with Gasteiger partial charge in [0.15, 0.2) is 0 Å². The molecule has 316 valence electrons. The summed E-state index contributed by atoms with van der Waals surface area (Å²) in [7, 11) is 1.51. The zero-order chi connectivity index (χ0) is 42.8. The summed E-state index contributed by atoms with van der Waals surface area (Å²) in [4.78, 5) is 64.8. The Morgan fingerprint density at radius 2 is 1.83 bits per heavy atom. The zero-order valence-corrected chi connectivity index (χ0v) is 35.3. The molecule has 0 aliphatic carbocycles. The lowest BCUT2D eigenvalue weighted by molar-refractivity contribution is -0.144. The molecule has 0 saturated carbocycles. The first kappa shape index (κ1) is 43.4. The number of aromatic amines is 1. The van der Waals surface area contributed by atoms with Crippen molar-refractivity contribution < 1.29 is 33.8 Å². The first-order chi connectivity index (χ1) is 28.8. The molecule has 15 nitrogen and oxygen atoms in total. The number of nitrogens with zero attached hydrogens (tertiary/aromatic N) is 4. The molecule has 3 atom stereocenters. The van der Waals surface area contributed by atoms with Crippen LogP contribution in [0, 0.1) is 12.3 Å². The fourth-order valence-corrected chi connectivity index (χ4v) is 7.74. The summed E-state index contributed by atoms with van der Waals surface area (Å²) >= 11 is 1.57. The molecular weight excluding hydrogens is 785 g/mol. The predicted octanol–water partition coefficient (Wildman–Crippen LogP) is 5.91. The number of hydrogen-bond donors (Lipinski definition) is 5. The molecule has 6 rings (SSSR count). The summed E-state index contributed by atoms with van der Waals surface area (Å²) in [6, 6.07) is 18.2. The molecule has 0 bridgehead atoms. The number of anilines is 1. The number of aromatic nitrogens is 4. The first-order valence-electron chi connectivity index (χ1n) is 19.9. The summed E-state index contributed by atoms with van der Waals surface area (Å²) in [5, 5.41) is 26.0. The number of pyridine rings is 1. The molecule has 60 heavy (non-hydrogen) atoms. The van der Waals surface area contributed by atoms with Crippen LogP contribution in [0.15, 0.2) is 78.4 Å².